The predicted octanol–water partition coefficient (Wildman–Crippen LogP) is 3.43. The number of para-hydroxylation sites is 2. The van der Waals surface area contributed by atoms with Crippen LogP contribution in [0.3, 0.4) is 0 Å². The molecule has 0 atom stereocenters. The largest absolute Gasteiger partial charge is 0.573 e. The zero-order valence-electron chi connectivity index (χ0n) is 9.40. The lowest BCUT2D eigenvalue weighted by Crippen LogP contribution is -2.19. The van der Waals surface area contributed by atoms with E-state index in [1.165, 1.54) is 36.6 Å². The molecule has 0 saturated heterocycles. The minimum Gasteiger partial charge on any atom is -0.459 e. The zero-order valence-corrected chi connectivity index (χ0v) is 9.40. The number of carbonyl (C=O) groups is 1. The van der Waals surface area contributed by atoms with Crippen molar-refractivity contribution in [1.82, 2.24) is 0 Å². The van der Waals surface area contributed by atoms with Crippen molar-refractivity contribution >= 4 is 11.6 Å². The van der Waals surface area contributed by atoms with Crippen molar-refractivity contribution < 1.29 is 27.1 Å². The van der Waals surface area contributed by atoms with Crippen molar-refractivity contribution in [3.8, 4) is 5.75 Å². The van der Waals surface area contributed by atoms with Gasteiger partial charge in [-0.05, 0) is 24.3 Å². The van der Waals surface area contributed by atoms with Gasteiger partial charge >= 0.3 is 6.36 Å². The van der Waals surface area contributed by atoms with Gasteiger partial charge in [0, 0.05) is 0 Å². The second kappa shape index (κ2) is 5.05. The first kappa shape index (κ1) is 13.0. The van der Waals surface area contributed by atoms with Gasteiger partial charge in [-0.3, -0.25) is 4.79 Å². The summed E-state index contributed by atoms with van der Waals surface area (Å²) in [5.74, 6) is -1.17. The second-order valence-corrected chi connectivity index (χ2v) is 3.48. The quantitative estimate of drug-likeness (QED) is 0.930. The maximum absolute atomic E-state index is 12.2. The Balaban J connectivity index is 2.18. The molecule has 0 radical (unpaired) electrons. The van der Waals surface area contributed by atoms with Gasteiger partial charge in [0.25, 0.3) is 5.91 Å². The van der Waals surface area contributed by atoms with Gasteiger partial charge in [0.1, 0.15) is 0 Å². The highest BCUT2D eigenvalue weighted by Crippen LogP contribution is 2.30. The molecule has 100 valence electrons. The second-order valence-electron chi connectivity index (χ2n) is 3.48. The summed E-state index contributed by atoms with van der Waals surface area (Å²) in [7, 11) is 0. The number of rotatable bonds is 3. The highest BCUT2D eigenvalue weighted by molar-refractivity contribution is 6.03. The topological polar surface area (TPSA) is 51.5 Å². The molecular formula is C12H8F3NO3. The molecule has 19 heavy (non-hydrogen) atoms. The van der Waals surface area contributed by atoms with Crippen LogP contribution in [0.25, 0.3) is 0 Å². The minimum absolute atomic E-state index is 0.0122. The van der Waals surface area contributed by atoms with Crippen molar-refractivity contribution in [2.75, 3.05) is 5.32 Å². The van der Waals surface area contributed by atoms with E-state index in [-0.39, 0.29) is 11.4 Å². The Hall–Kier alpha value is -2.44. The molecule has 2 aromatic rings. The van der Waals surface area contributed by atoms with E-state index in [1.54, 1.807) is 0 Å². The maximum atomic E-state index is 12.2. The van der Waals surface area contributed by atoms with Gasteiger partial charge in [-0.25, -0.2) is 0 Å². The molecule has 0 aliphatic rings. The first-order chi connectivity index (χ1) is 8.96. The van der Waals surface area contributed by atoms with Gasteiger partial charge in [0.2, 0.25) is 0 Å². The molecule has 7 heteroatoms. The lowest BCUT2D eigenvalue weighted by atomic mass is 10.3. The number of amides is 1. The van der Waals surface area contributed by atoms with Gasteiger partial charge in [-0.15, -0.1) is 13.2 Å². The molecule has 1 aromatic carbocycles. The van der Waals surface area contributed by atoms with Gasteiger partial charge in [-0.2, -0.15) is 0 Å². The van der Waals surface area contributed by atoms with Crippen molar-refractivity contribution in [3.63, 3.8) is 0 Å². The number of hydrogen-bond acceptors (Lipinski definition) is 3. The van der Waals surface area contributed by atoms with E-state index in [2.05, 4.69) is 10.1 Å². The Kier molecular flexibility index (Phi) is 3.46. The lowest BCUT2D eigenvalue weighted by Gasteiger charge is -2.13. The van der Waals surface area contributed by atoms with Crippen molar-refractivity contribution in [2.24, 2.45) is 0 Å². The van der Waals surface area contributed by atoms with Crippen LogP contribution in [0.2, 0.25) is 0 Å². The standard InChI is InChI=1S/C12H8F3NO3/c13-12(14,15)19-9-5-2-1-4-8(9)16-11(17)10-6-3-7-18-10/h1-7H,(H,16,17). The number of benzene rings is 1. The summed E-state index contributed by atoms with van der Waals surface area (Å²) in [6.45, 7) is 0. The Morgan fingerprint density at radius 2 is 1.89 bits per heavy atom. The van der Waals surface area contributed by atoms with Crippen LogP contribution in [0, 0.1) is 0 Å². The minimum atomic E-state index is -4.83. The van der Waals surface area contributed by atoms with Crippen LogP contribution >= 0.6 is 0 Å². The molecule has 0 unspecified atom stereocenters. The summed E-state index contributed by atoms with van der Waals surface area (Å²) in [6, 6.07) is 8.12. The molecule has 1 N–H and O–H groups in total. The number of furan rings is 1. The number of ether oxygens (including phenoxy) is 1. The lowest BCUT2D eigenvalue weighted by molar-refractivity contribution is -0.274. The van der Waals surface area contributed by atoms with Crippen LogP contribution in [0.15, 0.2) is 47.1 Å². The van der Waals surface area contributed by atoms with Crippen molar-refractivity contribution in [2.45, 2.75) is 6.36 Å². The molecule has 0 aliphatic carbocycles. The smallest absolute Gasteiger partial charge is 0.459 e. The van der Waals surface area contributed by atoms with E-state index in [0.29, 0.717) is 0 Å². The van der Waals surface area contributed by atoms with Gasteiger partial charge in [0.05, 0.1) is 12.0 Å². The maximum Gasteiger partial charge on any atom is 0.573 e. The summed E-state index contributed by atoms with van der Waals surface area (Å²) < 4.78 is 45.2. The van der Waals surface area contributed by atoms with E-state index >= 15 is 0 Å². The van der Waals surface area contributed by atoms with E-state index in [4.69, 9.17) is 4.42 Å². The number of carbonyl (C=O) groups excluding carboxylic acids is 1. The summed E-state index contributed by atoms with van der Waals surface area (Å²) in [6.07, 6.45) is -3.54. The fraction of sp³-hybridized carbons (Fsp3) is 0.0833. The van der Waals surface area contributed by atoms with Gasteiger partial charge in [0.15, 0.2) is 11.5 Å². The molecular weight excluding hydrogens is 263 g/mol. The molecule has 1 aromatic heterocycles. The Bertz CT molecular complexity index is 564. The number of halogens is 3. The average Bonchev–Trinajstić information content (AvgIpc) is 2.83. The number of hydrogen-bond donors (Lipinski definition) is 1. The molecule has 2 rings (SSSR count). The Morgan fingerprint density at radius 1 is 1.16 bits per heavy atom. The Labute approximate surface area is 105 Å². The van der Waals surface area contributed by atoms with E-state index in [0.717, 1.165) is 6.07 Å². The molecule has 0 fully saturated rings. The first-order valence-corrected chi connectivity index (χ1v) is 5.15. The monoisotopic (exact) mass is 271 g/mol. The number of alkyl halides is 3. The van der Waals surface area contributed by atoms with Crippen LogP contribution in [0.4, 0.5) is 18.9 Å². The molecule has 1 amide bonds. The van der Waals surface area contributed by atoms with Crippen LogP contribution < -0.4 is 10.1 Å². The molecule has 4 nitrogen and oxygen atoms in total. The summed E-state index contributed by atoms with van der Waals surface area (Å²) in [5, 5.41) is 2.28. The summed E-state index contributed by atoms with van der Waals surface area (Å²) >= 11 is 0. The molecule has 1 heterocycles. The Morgan fingerprint density at radius 3 is 2.53 bits per heavy atom. The highest BCUT2D eigenvalue weighted by atomic mass is 19.4. The normalized spacial score (nSPS) is 11.1. The van der Waals surface area contributed by atoms with Crippen LogP contribution in [-0.4, -0.2) is 12.3 Å². The van der Waals surface area contributed by atoms with E-state index < -0.39 is 18.0 Å². The van der Waals surface area contributed by atoms with Gasteiger partial charge in [-0.1, -0.05) is 12.1 Å². The van der Waals surface area contributed by atoms with Gasteiger partial charge < -0.3 is 14.5 Å². The van der Waals surface area contributed by atoms with Crippen molar-refractivity contribution in [1.29, 1.82) is 0 Å². The van der Waals surface area contributed by atoms with E-state index in [1.807, 2.05) is 0 Å². The zero-order chi connectivity index (χ0) is 13.9. The molecule has 0 spiro atoms. The van der Waals surface area contributed by atoms with Crippen molar-refractivity contribution in [3.05, 3.63) is 48.4 Å². The average molecular weight is 271 g/mol. The number of anilines is 1. The van der Waals surface area contributed by atoms with E-state index in [9.17, 15) is 18.0 Å². The fourth-order valence-corrected chi connectivity index (χ4v) is 1.38. The number of nitrogens with one attached hydrogen (secondary N) is 1. The van der Waals surface area contributed by atoms with Crippen LogP contribution in [0.1, 0.15) is 10.6 Å². The molecule has 0 aliphatic heterocycles. The fourth-order valence-electron chi connectivity index (χ4n) is 1.38. The molecule has 0 saturated carbocycles. The molecule has 0 bridgehead atoms. The third-order valence-electron chi connectivity index (χ3n) is 2.11. The predicted molar refractivity (Wildman–Crippen MR) is 59.8 cm³/mol. The van der Waals surface area contributed by atoms with Crippen LogP contribution in [-0.2, 0) is 0 Å². The summed E-state index contributed by atoms with van der Waals surface area (Å²) in [4.78, 5) is 11.7. The third kappa shape index (κ3) is 3.51. The van der Waals surface area contributed by atoms with Crippen LogP contribution in [0.5, 0.6) is 5.75 Å². The first-order valence-electron chi connectivity index (χ1n) is 5.15. The SMILES string of the molecule is O=C(Nc1ccccc1OC(F)(F)F)c1ccco1. The highest BCUT2D eigenvalue weighted by Gasteiger charge is 2.32. The third-order valence-corrected chi connectivity index (χ3v) is 2.11. The summed E-state index contributed by atoms with van der Waals surface area (Å²) in [5.41, 5.74) is -0.0961.